The molecule has 18 heavy (non-hydrogen) atoms. The number of nitrogens with zero attached hydrogens (tertiary/aromatic N) is 1. The first-order chi connectivity index (χ1) is 8.83. The van der Waals surface area contributed by atoms with Gasteiger partial charge in [-0.05, 0) is 30.5 Å². The Labute approximate surface area is 117 Å². The standard InChI is InChI=1S/C14H19BrN2O/c15-13-8-11-4-7-18-14(11)12(9-13)10-16-17-5-2-1-3-6-17/h8-9,16H,1-7,10H2. The van der Waals surface area contributed by atoms with Crippen molar-refractivity contribution in [2.75, 3.05) is 19.7 Å². The summed E-state index contributed by atoms with van der Waals surface area (Å²) in [6.45, 7) is 4.01. The lowest BCUT2D eigenvalue weighted by Gasteiger charge is -2.27. The normalized spacial score (nSPS) is 19.6. The molecule has 4 heteroatoms. The van der Waals surface area contributed by atoms with E-state index >= 15 is 0 Å². The summed E-state index contributed by atoms with van der Waals surface area (Å²) >= 11 is 3.58. The SMILES string of the molecule is Brc1cc2c(c(CNN3CCCCC3)c1)OCC2. The quantitative estimate of drug-likeness (QED) is 0.929. The topological polar surface area (TPSA) is 24.5 Å². The van der Waals surface area contributed by atoms with Crippen LogP contribution in [-0.2, 0) is 13.0 Å². The number of hydrazine groups is 1. The van der Waals surface area contributed by atoms with Gasteiger partial charge >= 0.3 is 0 Å². The van der Waals surface area contributed by atoms with E-state index in [0.29, 0.717) is 0 Å². The molecule has 98 valence electrons. The maximum atomic E-state index is 5.75. The zero-order chi connectivity index (χ0) is 12.4. The van der Waals surface area contributed by atoms with Gasteiger partial charge in [0.2, 0.25) is 0 Å². The smallest absolute Gasteiger partial charge is 0.127 e. The molecule has 0 aromatic heterocycles. The van der Waals surface area contributed by atoms with Crippen molar-refractivity contribution in [2.45, 2.75) is 32.2 Å². The van der Waals surface area contributed by atoms with Crippen molar-refractivity contribution in [3.63, 3.8) is 0 Å². The maximum Gasteiger partial charge on any atom is 0.127 e. The number of nitrogens with one attached hydrogen (secondary N) is 1. The first-order valence-electron chi connectivity index (χ1n) is 6.75. The summed E-state index contributed by atoms with van der Waals surface area (Å²) in [5, 5.41) is 2.34. The number of benzene rings is 1. The number of rotatable bonds is 3. The molecule has 2 aliphatic heterocycles. The number of ether oxygens (including phenoxy) is 1. The van der Waals surface area contributed by atoms with Crippen LogP contribution in [0.2, 0.25) is 0 Å². The van der Waals surface area contributed by atoms with Gasteiger partial charge in [-0.1, -0.05) is 22.4 Å². The number of halogens is 1. The van der Waals surface area contributed by atoms with E-state index in [1.54, 1.807) is 0 Å². The van der Waals surface area contributed by atoms with Gasteiger partial charge in [-0.15, -0.1) is 0 Å². The average molecular weight is 311 g/mol. The summed E-state index contributed by atoms with van der Waals surface area (Å²) in [6, 6.07) is 4.34. The van der Waals surface area contributed by atoms with Crippen molar-refractivity contribution >= 4 is 15.9 Å². The van der Waals surface area contributed by atoms with Crippen LogP contribution in [0.1, 0.15) is 30.4 Å². The lowest BCUT2D eigenvalue weighted by atomic mass is 10.1. The molecule has 0 saturated carbocycles. The average Bonchev–Trinajstić information content (AvgIpc) is 2.85. The van der Waals surface area contributed by atoms with Gasteiger partial charge in [0.1, 0.15) is 5.75 Å². The minimum absolute atomic E-state index is 0.822. The van der Waals surface area contributed by atoms with Crippen LogP contribution in [0.15, 0.2) is 16.6 Å². The number of fused-ring (bicyclic) bond motifs is 1. The van der Waals surface area contributed by atoms with Crippen LogP contribution >= 0.6 is 15.9 Å². The van der Waals surface area contributed by atoms with Crippen LogP contribution < -0.4 is 10.2 Å². The van der Waals surface area contributed by atoms with E-state index in [1.165, 1.54) is 30.4 Å². The Kier molecular flexibility index (Phi) is 3.87. The molecule has 1 saturated heterocycles. The van der Waals surface area contributed by atoms with E-state index < -0.39 is 0 Å². The highest BCUT2D eigenvalue weighted by atomic mass is 79.9. The predicted octanol–water partition coefficient (Wildman–Crippen LogP) is 2.87. The fourth-order valence-corrected chi connectivity index (χ4v) is 3.28. The van der Waals surface area contributed by atoms with Crippen LogP contribution in [0.3, 0.4) is 0 Å². The van der Waals surface area contributed by atoms with Gasteiger partial charge in [0.15, 0.2) is 0 Å². The highest BCUT2D eigenvalue weighted by molar-refractivity contribution is 9.10. The van der Waals surface area contributed by atoms with Crippen LogP contribution in [-0.4, -0.2) is 24.7 Å². The third-order valence-corrected chi connectivity index (χ3v) is 4.13. The minimum Gasteiger partial charge on any atom is -0.493 e. The van der Waals surface area contributed by atoms with E-state index in [9.17, 15) is 0 Å². The Morgan fingerprint density at radius 1 is 1.22 bits per heavy atom. The number of piperidine rings is 1. The van der Waals surface area contributed by atoms with E-state index in [0.717, 1.165) is 42.9 Å². The molecule has 0 atom stereocenters. The van der Waals surface area contributed by atoms with Crippen molar-refractivity contribution < 1.29 is 4.74 Å². The molecular formula is C14H19BrN2O. The molecule has 0 amide bonds. The van der Waals surface area contributed by atoms with Crippen LogP contribution in [0.4, 0.5) is 0 Å². The fourth-order valence-electron chi connectivity index (χ4n) is 2.73. The molecule has 2 aliphatic rings. The Morgan fingerprint density at radius 3 is 2.89 bits per heavy atom. The first-order valence-corrected chi connectivity index (χ1v) is 7.55. The van der Waals surface area contributed by atoms with Crippen LogP contribution in [0, 0.1) is 0 Å². The van der Waals surface area contributed by atoms with Crippen LogP contribution in [0.25, 0.3) is 0 Å². The van der Waals surface area contributed by atoms with Gasteiger partial charge in [-0.2, -0.15) is 0 Å². The molecular weight excluding hydrogens is 292 g/mol. The van der Waals surface area contributed by atoms with Crippen molar-refractivity contribution in [1.29, 1.82) is 0 Å². The molecule has 0 radical (unpaired) electrons. The van der Waals surface area contributed by atoms with Gasteiger partial charge < -0.3 is 4.74 Å². The van der Waals surface area contributed by atoms with Crippen molar-refractivity contribution in [1.82, 2.24) is 10.4 Å². The van der Waals surface area contributed by atoms with Gasteiger partial charge in [-0.3, -0.25) is 5.43 Å². The highest BCUT2D eigenvalue weighted by Crippen LogP contribution is 2.32. The van der Waals surface area contributed by atoms with Crippen molar-refractivity contribution in [3.05, 3.63) is 27.7 Å². The summed E-state index contributed by atoms with van der Waals surface area (Å²) in [5.74, 6) is 1.10. The fraction of sp³-hybridized carbons (Fsp3) is 0.571. The number of hydrogen-bond donors (Lipinski definition) is 1. The molecule has 3 nitrogen and oxygen atoms in total. The molecule has 0 bridgehead atoms. The molecule has 1 fully saturated rings. The predicted molar refractivity (Wildman–Crippen MR) is 75.6 cm³/mol. The lowest BCUT2D eigenvalue weighted by molar-refractivity contribution is 0.150. The Hall–Kier alpha value is -0.580. The van der Waals surface area contributed by atoms with Gasteiger partial charge in [0.25, 0.3) is 0 Å². The first kappa shape index (κ1) is 12.5. The van der Waals surface area contributed by atoms with E-state index in [1.807, 2.05) is 0 Å². The Balaban J connectivity index is 1.68. The molecule has 3 rings (SSSR count). The monoisotopic (exact) mass is 310 g/mol. The largest absolute Gasteiger partial charge is 0.493 e. The molecule has 0 spiro atoms. The summed E-state index contributed by atoms with van der Waals surface area (Å²) in [6.07, 6.45) is 5.01. The van der Waals surface area contributed by atoms with Crippen molar-refractivity contribution in [3.8, 4) is 5.75 Å². The summed E-state index contributed by atoms with van der Waals surface area (Å²) < 4.78 is 6.90. The minimum atomic E-state index is 0.822. The third kappa shape index (κ3) is 2.71. The van der Waals surface area contributed by atoms with Gasteiger partial charge in [0.05, 0.1) is 6.61 Å². The van der Waals surface area contributed by atoms with E-state index in [2.05, 4.69) is 38.5 Å². The second kappa shape index (κ2) is 5.59. The number of hydrogen-bond acceptors (Lipinski definition) is 3. The summed E-state index contributed by atoms with van der Waals surface area (Å²) in [7, 11) is 0. The molecule has 1 aromatic rings. The zero-order valence-electron chi connectivity index (χ0n) is 10.5. The van der Waals surface area contributed by atoms with E-state index in [4.69, 9.17) is 4.74 Å². The molecule has 1 N–H and O–H groups in total. The lowest BCUT2D eigenvalue weighted by Crippen LogP contribution is -2.41. The van der Waals surface area contributed by atoms with Crippen molar-refractivity contribution in [2.24, 2.45) is 0 Å². The Morgan fingerprint density at radius 2 is 2.06 bits per heavy atom. The summed E-state index contributed by atoms with van der Waals surface area (Å²) in [4.78, 5) is 0. The van der Waals surface area contributed by atoms with Gasteiger partial charge in [-0.25, -0.2) is 5.01 Å². The van der Waals surface area contributed by atoms with Gasteiger partial charge in [0, 0.05) is 36.1 Å². The van der Waals surface area contributed by atoms with Crippen LogP contribution in [0.5, 0.6) is 5.75 Å². The third-order valence-electron chi connectivity index (χ3n) is 3.67. The second-order valence-electron chi connectivity index (χ2n) is 5.03. The maximum absolute atomic E-state index is 5.75. The molecule has 0 aliphatic carbocycles. The molecule has 0 unspecified atom stereocenters. The molecule has 1 aromatic carbocycles. The Bertz CT molecular complexity index is 430. The van der Waals surface area contributed by atoms with E-state index in [-0.39, 0.29) is 0 Å². The second-order valence-corrected chi connectivity index (χ2v) is 5.95. The zero-order valence-corrected chi connectivity index (χ0v) is 12.1. The highest BCUT2D eigenvalue weighted by Gasteiger charge is 2.18. The summed E-state index contributed by atoms with van der Waals surface area (Å²) in [5.41, 5.74) is 6.13. The molecule has 2 heterocycles.